The summed E-state index contributed by atoms with van der Waals surface area (Å²) in [6.45, 7) is -0.473. The number of rotatable bonds is 7. The molecule has 17 heavy (non-hydrogen) atoms. The SMILES string of the molecule is [N-]=[N+]=NC(CCCOC(=O)O)([N+](=O)[O-])[N+](=O)[O-]. The van der Waals surface area contributed by atoms with Crippen LogP contribution in [0.5, 0.6) is 0 Å². The van der Waals surface area contributed by atoms with Crippen molar-refractivity contribution in [3.05, 3.63) is 30.7 Å². The van der Waals surface area contributed by atoms with Crippen LogP contribution < -0.4 is 0 Å². The molecule has 0 aromatic rings. The lowest BCUT2D eigenvalue weighted by Gasteiger charge is -2.10. The molecule has 0 heterocycles. The van der Waals surface area contributed by atoms with Gasteiger partial charge >= 0.3 is 11.9 Å². The van der Waals surface area contributed by atoms with Gasteiger partial charge in [0.05, 0.1) is 11.7 Å². The minimum Gasteiger partial charge on any atom is -0.450 e. The molecule has 0 radical (unpaired) electrons. The van der Waals surface area contributed by atoms with E-state index < -0.39 is 34.8 Å². The van der Waals surface area contributed by atoms with E-state index in [9.17, 15) is 25.0 Å². The summed E-state index contributed by atoms with van der Waals surface area (Å²) in [5, 5.41) is 31.7. The monoisotopic (exact) mass is 249 g/mol. The van der Waals surface area contributed by atoms with Gasteiger partial charge in [-0.1, -0.05) is 0 Å². The van der Waals surface area contributed by atoms with Gasteiger partial charge in [-0.2, -0.15) is 0 Å². The Kier molecular flexibility index (Phi) is 5.13. The standard InChI is InChI=1S/C5H7N5O7/c6-8-7-5(9(13)14,10(15)16)2-1-3-17-4(11)12/h1-3H2,(H,11,12). The molecular formula is C5H7N5O7. The third kappa shape index (κ3) is 3.79. The van der Waals surface area contributed by atoms with Crippen molar-refractivity contribution in [3.63, 3.8) is 0 Å². The Labute approximate surface area is 92.7 Å². The van der Waals surface area contributed by atoms with Crippen LogP contribution in [0.3, 0.4) is 0 Å². The predicted molar refractivity (Wildman–Crippen MR) is 49.1 cm³/mol. The first-order valence-electron chi connectivity index (χ1n) is 4.08. The van der Waals surface area contributed by atoms with Crippen LogP contribution in [0.25, 0.3) is 10.4 Å². The summed E-state index contributed by atoms with van der Waals surface area (Å²) in [7, 11) is 0. The summed E-state index contributed by atoms with van der Waals surface area (Å²) < 4.78 is 4.01. The number of carboxylic acid groups (broad SMARTS) is 1. The molecule has 0 aromatic heterocycles. The van der Waals surface area contributed by atoms with Crippen molar-refractivity contribution < 1.29 is 24.5 Å². The first-order valence-corrected chi connectivity index (χ1v) is 4.08. The number of ether oxygens (including phenoxy) is 1. The Balaban J connectivity index is 4.71. The Morgan fingerprint density at radius 1 is 1.47 bits per heavy atom. The summed E-state index contributed by atoms with van der Waals surface area (Å²) in [6.07, 6.45) is -2.71. The van der Waals surface area contributed by atoms with E-state index in [4.69, 9.17) is 10.6 Å². The minimum absolute atomic E-state index is 0.326. The average molecular weight is 249 g/mol. The van der Waals surface area contributed by atoms with Crippen molar-refractivity contribution in [1.29, 1.82) is 0 Å². The van der Waals surface area contributed by atoms with Gasteiger partial charge in [0, 0.05) is 4.91 Å². The van der Waals surface area contributed by atoms with Crippen molar-refractivity contribution in [1.82, 2.24) is 0 Å². The van der Waals surface area contributed by atoms with Crippen LogP contribution in [0.15, 0.2) is 5.11 Å². The molecule has 0 bridgehead atoms. The predicted octanol–water partition coefficient (Wildman–Crippen LogP) is 0.979. The molecule has 0 spiro atoms. The van der Waals surface area contributed by atoms with E-state index >= 15 is 0 Å². The van der Waals surface area contributed by atoms with Crippen LogP contribution in [0.2, 0.25) is 0 Å². The fraction of sp³-hybridized carbons (Fsp3) is 0.800. The fourth-order valence-corrected chi connectivity index (χ4v) is 0.913. The maximum atomic E-state index is 10.5. The molecule has 0 aliphatic heterocycles. The minimum atomic E-state index is -3.03. The van der Waals surface area contributed by atoms with E-state index in [2.05, 4.69) is 9.85 Å². The van der Waals surface area contributed by atoms with Crippen molar-refractivity contribution in [2.45, 2.75) is 18.6 Å². The van der Waals surface area contributed by atoms with Gasteiger partial charge < -0.3 is 9.84 Å². The number of nitrogens with zero attached hydrogens (tertiary/aromatic N) is 5. The quantitative estimate of drug-likeness (QED) is 0.102. The smallest absolute Gasteiger partial charge is 0.450 e. The summed E-state index contributed by atoms with van der Waals surface area (Å²) >= 11 is 0. The lowest BCUT2D eigenvalue weighted by Crippen LogP contribution is -2.44. The van der Waals surface area contributed by atoms with Crippen LogP contribution in [0.1, 0.15) is 12.8 Å². The number of hydrogen-bond acceptors (Lipinski definition) is 7. The zero-order valence-electron chi connectivity index (χ0n) is 8.25. The Hall–Kier alpha value is -2.62. The number of nitro groups is 2. The van der Waals surface area contributed by atoms with Gasteiger partial charge in [-0.25, -0.2) is 4.79 Å². The second kappa shape index (κ2) is 6.07. The van der Waals surface area contributed by atoms with Gasteiger partial charge in [0.15, 0.2) is 0 Å². The van der Waals surface area contributed by atoms with Gasteiger partial charge in [-0.3, -0.25) is 20.2 Å². The highest BCUT2D eigenvalue weighted by Gasteiger charge is 2.55. The van der Waals surface area contributed by atoms with Crippen molar-refractivity contribution in [3.8, 4) is 0 Å². The molecule has 0 aromatic carbocycles. The normalized spacial score (nSPS) is 10.1. The van der Waals surface area contributed by atoms with Gasteiger partial charge in [-0.15, -0.1) is 0 Å². The second-order valence-corrected chi connectivity index (χ2v) is 2.70. The summed E-state index contributed by atoms with van der Waals surface area (Å²) in [4.78, 5) is 30.4. The first-order chi connectivity index (χ1) is 7.86. The van der Waals surface area contributed by atoms with E-state index in [0.29, 0.717) is 0 Å². The Morgan fingerprint density at radius 2 is 2.00 bits per heavy atom. The highest BCUT2D eigenvalue weighted by atomic mass is 16.7. The average Bonchev–Trinajstić information content (AvgIpc) is 2.21. The van der Waals surface area contributed by atoms with Gasteiger partial charge in [-0.05, 0) is 12.0 Å². The lowest BCUT2D eigenvalue weighted by atomic mass is 10.2. The van der Waals surface area contributed by atoms with Gasteiger partial charge in [0.25, 0.3) is 0 Å². The lowest BCUT2D eigenvalue weighted by molar-refractivity contribution is -0.796. The number of hydrogen-bond donors (Lipinski definition) is 1. The largest absolute Gasteiger partial charge is 0.545 e. The summed E-state index contributed by atoms with van der Waals surface area (Å²) in [6, 6.07) is 0. The van der Waals surface area contributed by atoms with Crippen molar-refractivity contribution >= 4 is 6.16 Å². The van der Waals surface area contributed by atoms with Crippen LogP contribution in [0.4, 0.5) is 4.79 Å². The molecule has 0 rings (SSSR count). The zero-order valence-corrected chi connectivity index (χ0v) is 8.25. The maximum Gasteiger partial charge on any atom is 0.545 e. The molecule has 1 N–H and O–H groups in total. The maximum absolute atomic E-state index is 10.5. The van der Waals surface area contributed by atoms with E-state index in [-0.39, 0.29) is 6.42 Å². The molecule has 0 aliphatic carbocycles. The second-order valence-electron chi connectivity index (χ2n) is 2.70. The number of azide groups is 1. The van der Waals surface area contributed by atoms with Crippen LogP contribution in [-0.4, -0.2) is 33.5 Å². The topological polar surface area (TPSA) is 182 Å². The van der Waals surface area contributed by atoms with E-state index in [1.165, 1.54) is 0 Å². The summed E-state index contributed by atoms with van der Waals surface area (Å²) in [5.74, 6) is -3.03. The molecule has 0 unspecified atom stereocenters. The molecular weight excluding hydrogens is 242 g/mol. The highest BCUT2D eigenvalue weighted by Crippen LogP contribution is 2.20. The van der Waals surface area contributed by atoms with E-state index in [0.717, 1.165) is 0 Å². The molecule has 0 saturated heterocycles. The van der Waals surface area contributed by atoms with Gasteiger partial charge in [0.1, 0.15) is 16.3 Å². The van der Waals surface area contributed by atoms with E-state index in [1.54, 1.807) is 0 Å². The molecule has 0 saturated carbocycles. The molecule has 0 aliphatic rings. The molecule has 12 heteroatoms. The third-order valence-electron chi connectivity index (χ3n) is 1.67. The van der Waals surface area contributed by atoms with Crippen LogP contribution in [-0.2, 0) is 4.74 Å². The summed E-state index contributed by atoms with van der Waals surface area (Å²) in [5.41, 5.74) is 8.07. The number of carbonyl (C=O) groups is 1. The van der Waals surface area contributed by atoms with Crippen molar-refractivity contribution in [2.24, 2.45) is 5.11 Å². The van der Waals surface area contributed by atoms with Crippen LogP contribution in [0, 0.1) is 20.2 Å². The van der Waals surface area contributed by atoms with E-state index in [1.807, 2.05) is 4.91 Å². The fourth-order valence-electron chi connectivity index (χ4n) is 0.913. The zero-order chi connectivity index (χ0) is 13.5. The van der Waals surface area contributed by atoms with Gasteiger partial charge in [0.2, 0.25) is 0 Å². The van der Waals surface area contributed by atoms with Crippen molar-refractivity contribution in [2.75, 3.05) is 6.61 Å². The Bertz CT molecular complexity index is 355. The third-order valence-corrected chi connectivity index (χ3v) is 1.67. The molecule has 94 valence electrons. The van der Waals surface area contributed by atoms with Crippen LogP contribution >= 0.6 is 0 Å². The Morgan fingerprint density at radius 3 is 2.35 bits per heavy atom. The molecule has 0 atom stereocenters. The first kappa shape index (κ1) is 14.4. The highest BCUT2D eigenvalue weighted by molar-refractivity contribution is 5.56. The molecule has 12 nitrogen and oxygen atoms in total. The molecule has 0 amide bonds. The molecule has 0 fully saturated rings.